The monoisotopic (exact) mass is 531 g/mol. The first-order chi connectivity index (χ1) is 15.3. The summed E-state index contributed by atoms with van der Waals surface area (Å²) in [7, 11) is -4.34. The molecule has 2 aliphatic rings. The summed E-state index contributed by atoms with van der Waals surface area (Å²) in [6.07, 6.45) is -0.265. The van der Waals surface area contributed by atoms with Gasteiger partial charge in [0, 0.05) is 26.7 Å². The molecule has 3 aromatic carbocycles. The minimum Gasteiger partial charge on any atom is -0.427 e. The Labute approximate surface area is 197 Å². The van der Waals surface area contributed by atoms with Crippen molar-refractivity contribution < 1.29 is 23.1 Å². The van der Waals surface area contributed by atoms with Gasteiger partial charge in [-0.15, -0.1) is 0 Å². The zero-order chi connectivity index (χ0) is 22.7. The van der Waals surface area contributed by atoms with Crippen LogP contribution >= 0.6 is 27.5 Å². The lowest BCUT2D eigenvalue weighted by molar-refractivity contribution is -0.151. The number of carbonyl (C=O) groups excluding carboxylic acids is 1. The SMILES string of the molecule is O=C1C=C(c2ccccc2)[C@]2(O1)[C@@H](O)c1ccc(Cl)cc1N2S(=O)(=O)c1ccccc1Br. The van der Waals surface area contributed by atoms with Crippen molar-refractivity contribution in [2.24, 2.45) is 0 Å². The molecule has 0 unspecified atom stereocenters. The van der Waals surface area contributed by atoms with Gasteiger partial charge in [0.1, 0.15) is 11.0 Å². The third-order valence-electron chi connectivity index (χ3n) is 5.52. The van der Waals surface area contributed by atoms with Gasteiger partial charge in [0.05, 0.1) is 5.69 Å². The number of benzene rings is 3. The van der Waals surface area contributed by atoms with Crippen LogP contribution in [0.15, 0.2) is 88.2 Å². The van der Waals surface area contributed by atoms with E-state index in [4.69, 9.17) is 16.3 Å². The van der Waals surface area contributed by atoms with Crippen LogP contribution in [0.1, 0.15) is 17.2 Å². The van der Waals surface area contributed by atoms with Crippen molar-refractivity contribution in [3.63, 3.8) is 0 Å². The Bertz CT molecular complexity index is 1390. The van der Waals surface area contributed by atoms with Crippen molar-refractivity contribution in [1.82, 2.24) is 0 Å². The Morgan fingerprint density at radius 2 is 1.72 bits per heavy atom. The normalized spacial score (nSPS) is 22.1. The lowest BCUT2D eigenvalue weighted by Gasteiger charge is -2.38. The summed E-state index contributed by atoms with van der Waals surface area (Å²) in [6, 6.07) is 19.6. The van der Waals surface area contributed by atoms with E-state index in [1.807, 2.05) is 0 Å². The molecular weight excluding hydrogens is 518 g/mol. The van der Waals surface area contributed by atoms with Crippen LogP contribution < -0.4 is 4.31 Å². The number of esters is 1. The second-order valence-electron chi connectivity index (χ2n) is 7.35. The van der Waals surface area contributed by atoms with Crippen molar-refractivity contribution in [2.75, 3.05) is 4.31 Å². The molecule has 3 aromatic rings. The Morgan fingerprint density at radius 1 is 1.03 bits per heavy atom. The number of nitrogens with zero attached hydrogens (tertiary/aromatic N) is 1. The summed E-state index contributed by atoms with van der Waals surface area (Å²) in [4.78, 5) is 12.5. The molecule has 1 N–H and O–H groups in total. The van der Waals surface area contributed by atoms with Gasteiger partial charge in [-0.2, -0.15) is 0 Å². The van der Waals surface area contributed by atoms with Crippen molar-refractivity contribution in [3.8, 4) is 0 Å². The highest BCUT2D eigenvalue weighted by Crippen LogP contribution is 2.57. The highest BCUT2D eigenvalue weighted by atomic mass is 79.9. The molecule has 2 heterocycles. The molecule has 0 bridgehead atoms. The van der Waals surface area contributed by atoms with Gasteiger partial charge in [-0.05, 0) is 45.8 Å². The van der Waals surface area contributed by atoms with Gasteiger partial charge in [0.2, 0.25) is 0 Å². The molecule has 2 aliphatic heterocycles. The molecule has 2 atom stereocenters. The van der Waals surface area contributed by atoms with Crippen molar-refractivity contribution in [1.29, 1.82) is 0 Å². The van der Waals surface area contributed by atoms with Gasteiger partial charge in [-0.1, -0.05) is 60.1 Å². The molecule has 0 aliphatic carbocycles. The largest absolute Gasteiger partial charge is 0.427 e. The summed E-state index contributed by atoms with van der Waals surface area (Å²) < 4.78 is 35.1. The van der Waals surface area contributed by atoms with Crippen LogP contribution in [-0.4, -0.2) is 25.2 Å². The Hall–Kier alpha value is -2.65. The Morgan fingerprint density at radius 3 is 2.44 bits per heavy atom. The average Bonchev–Trinajstić information content (AvgIpc) is 3.23. The highest BCUT2D eigenvalue weighted by Gasteiger charge is 2.64. The first-order valence-electron chi connectivity index (χ1n) is 9.55. The summed E-state index contributed by atoms with van der Waals surface area (Å²) in [5.74, 6) is -0.755. The Kier molecular flexibility index (Phi) is 4.94. The average molecular weight is 533 g/mol. The van der Waals surface area contributed by atoms with Gasteiger partial charge in [-0.25, -0.2) is 17.5 Å². The lowest BCUT2D eigenvalue weighted by Crippen LogP contribution is -2.53. The van der Waals surface area contributed by atoms with Gasteiger partial charge in [0.25, 0.3) is 15.7 Å². The van der Waals surface area contributed by atoms with Crippen LogP contribution in [-0.2, 0) is 19.6 Å². The molecule has 162 valence electrons. The number of sulfonamides is 1. The fourth-order valence-corrected chi connectivity index (χ4v) is 7.04. The fourth-order valence-electron chi connectivity index (χ4n) is 4.21. The molecule has 0 aromatic heterocycles. The third-order valence-corrected chi connectivity index (χ3v) is 8.57. The third kappa shape index (κ3) is 2.94. The van der Waals surface area contributed by atoms with Gasteiger partial charge < -0.3 is 9.84 Å². The second kappa shape index (κ2) is 7.45. The molecule has 5 rings (SSSR count). The number of anilines is 1. The van der Waals surface area contributed by atoms with Crippen molar-refractivity contribution >= 4 is 54.8 Å². The van der Waals surface area contributed by atoms with E-state index in [2.05, 4.69) is 15.9 Å². The quantitative estimate of drug-likeness (QED) is 0.495. The first kappa shape index (κ1) is 21.2. The highest BCUT2D eigenvalue weighted by molar-refractivity contribution is 9.10. The Balaban J connectivity index is 1.84. The number of ether oxygens (including phenoxy) is 1. The van der Waals surface area contributed by atoms with Gasteiger partial charge in [-0.3, -0.25) is 0 Å². The molecule has 0 saturated heterocycles. The number of rotatable bonds is 3. The standard InChI is InChI=1S/C23H15BrClNO5S/c24-18-8-4-5-9-20(18)32(29,30)26-19-12-15(25)10-11-16(19)22(28)23(26)17(13-21(27)31-23)14-6-2-1-3-7-14/h1-13,22,28H/t22-,23-/m0/s1. The first-order valence-corrected chi connectivity index (χ1v) is 12.2. The minimum atomic E-state index is -4.34. The van der Waals surface area contributed by atoms with E-state index in [0.717, 1.165) is 4.31 Å². The molecular formula is C23H15BrClNO5S. The number of aliphatic hydroxyl groups is 1. The maximum atomic E-state index is 14.0. The number of halogens is 2. The molecule has 6 nitrogen and oxygen atoms in total. The lowest BCUT2D eigenvalue weighted by atomic mass is 9.91. The second-order valence-corrected chi connectivity index (χ2v) is 10.4. The van der Waals surface area contributed by atoms with Gasteiger partial charge >= 0.3 is 5.97 Å². The molecule has 9 heteroatoms. The number of hydrogen-bond donors (Lipinski definition) is 1. The van der Waals surface area contributed by atoms with E-state index in [-0.39, 0.29) is 26.7 Å². The summed E-state index contributed by atoms with van der Waals surface area (Å²) in [6.45, 7) is 0. The predicted molar refractivity (Wildman–Crippen MR) is 123 cm³/mol. The van der Waals surface area contributed by atoms with E-state index >= 15 is 0 Å². The van der Waals surface area contributed by atoms with E-state index in [1.165, 1.54) is 24.3 Å². The molecule has 0 radical (unpaired) electrons. The van der Waals surface area contributed by atoms with Crippen LogP contribution in [0.2, 0.25) is 5.02 Å². The molecule has 1 spiro atoms. The van der Waals surface area contributed by atoms with Crippen LogP contribution in [0.4, 0.5) is 5.69 Å². The smallest absolute Gasteiger partial charge is 0.333 e. The van der Waals surface area contributed by atoms with E-state index in [1.54, 1.807) is 54.6 Å². The molecule has 32 heavy (non-hydrogen) atoms. The fraction of sp³-hybridized carbons (Fsp3) is 0.0870. The summed E-state index contributed by atoms with van der Waals surface area (Å²) in [5.41, 5.74) is -0.833. The van der Waals surface area contributed by atoms with Crippen LogP contribution in [0.25, 0.3) is 5.57 Å². The maximum absolute atomic E-state index is 14.0. The molecule has 0 fully saturated rings. The summed E-state index contributed by atoms with van der Waals surface area (Å²) >= 11 is 9.51. The van der Waals surface area contributed by atoms with E-state index in [9.17, 15) is 18.3 Å². The number of carbonyl (C=O) groups is 1. The van der Waals surface area contributed by atoms with E-state index in [0.29, 0.717) is 10.0 Å². The van der Waals surface area contributed by atoms with E-state index < -0.39 is 27.8 Å². The van der Waals surface area contributed by atoms with Crippen LogP contribution in [0, 0.1) is 0 Å². The van der Waals surface area contributed by atoms with Crippen molar-refractivity contribution in [2.45, 2.75) is 16.7 Å². The number of fused-ring (bicyclic) bond motifs is 1. The number of hydrogen-bond acceptors (Lipinski definition) is 5. The zero-order valence-corrected chi connectivity index (χ0v) is 19.4. The number of aliphatic hydroxyl groups excluding tert-OH is 1. The zero-order valence-electron chi connectivity index (χ0n) is 16.3. The van der Waals surface area contributed by atoms with Gasteiger partial charge in [0.15, 0.2) is 0 Å². The summed E-state index contributed by atoms with van der Waals surface area (Å²) in [5, 5.41) is 11.7. The van der Waals surface area contributed by atoms with Crippen LogP contribution in [0.3, 0.4) is 0 Å². The molecule has 0 amide bonds. The topological polar surface area (TPSA) is 83.9 Å². The predicted octanol–water partition coefficient (Wildman–Crippen LogP) is 4.68. The molecule has 0 saturated carbocycles. The minimum absolute atomic E-state index is 0.0465. The maximum Gasteiger partial charge on any atom is 0.333 e. The van der Waals surface area contributed by atoms with Crippen molar-refractivity contribution in [3.05, 3.63) is 99.5 Å². The van der Waals surface area contributed by atoms with Crippen LogP contribution in [0.5, 0.6) is 0 Å².